The fourth-order valence-electron chi connectivity index (χ4n) is 0.818. The molecule has 1 aromatic carbocycles. The van der Waals surface area contributed by atoms with Gasteiger partial charge in [0.15, 0.2) is 0 Å². The summed E-state index contributed by atoms with van der Waals surface area (Å²) in [5, 5.41) is 0. The van der Waals surface area contributed by atoms with E-state index in [0.717, 1.165) is 11.3 Å². The van der Waals surface area contributed by atoms with Crippen molar-refractivity contribution >= 4 is 0 Å². The second-order valence-electron chi connectivity index (χ2n) is 2.16. The molecule has 0 aliphatic carbocycles. The summed E-state index contributed by atoms with van der Waals surface area (Å²) in [5.74, 6) is 0.839. The summed E-state index contributed by atoms with van der Waals surface area (Å²) in [7, 11) is 6.53. The molecule has 0 N–H and O–H groups in total. The number of benzene rings is 1. The molecule has 0 fully saturated rings. The average molecular weight is 150 g/mol. The highest BCUT2D eigenvalue weighted by Crippen LogP contribution is 2.11. The van der Waals surface area contributed by atoms with Crippen molar-refractivity contribution < 1.29 is 9.47 Å². The molecule has 2 heteroatoms. The van der Waals surface area contributed by atoms with Crippen LogP contribution < -0.4 is 4.74 Å². The van der Waals surface area contributed by atoms with E-state index in [4.69, 9.17) is 11.8 Å². The Morgan fingerprint density at radius 1 is 1.27 bits per heavy atom. The van der Waals surface area contributed by atoms with Gasteiger partial charge in [0.05, 0.1) is 13.7 Å². The van der Waals surface area contributed by atoms with E-state index in [9.17, 15) is 0 Å². The number of hydrogen-bond acceptors (Lipinski definition) is 2. The molecule has 11 heavy (non-hydrogen) atoms. The fraction of sp³-hybridized carbons (Fsp3) is 0.222. The van der Waals surface area contributed by atoms with Crippen molar-refractivity contribution in [3.05, 3.63) is 36.9 Å². The molecule has 2 radical (unpaired) electrons. The summed E-state index contributed by atoms with van der Waals surface area (Å²) < 4.78 is 9.44. The van der Waals surface area contributed by atoms with Gasteiger partial charge in [-0.25, -0.2) is 0 Å². The van der Waals surface area contributed by atoms with Crippen LogP contribution in [0.2, 0.25) is 0 Å². The molecule has 1 aromatic rings. The first kappa shape index (κ1) is 8.08. The van der Waals surface area contributed by atoms with Gasteiger partial charge in [-0.1, -0.05) is 12.1 Å². The maximum absolute atomic E-state index is 4.98. The predicted molar refractivity (Wildman–Crippen MR) is 42.1 cm³/mol. The highest BCUT2D eigenvalue weighted by atomic mass is 16.5. The maximum Gasteiger partial charge on any atom is 0.118 e. The molecule has 0 aliphatic rings. The van der Waals surface area contributed by atoms with Gasteiger partial charge < -0.3 is 9.47 Å². The lowest BCUT2D eigenvalue weighted by molar-refractivity contribution is 0.229. The Morgan fingerprint density at radius 2 is 1.91 bits per heavy atom. The van der Waals surface area contributed by atoms with E-state index in [1.807, 2.05) is 24.3 Å². The Bertz CT molecular complexity index is 203. The van der Waals surface area contributed by atoms with Crippen molar-refractivity contribution in [3.8, 4) is 5.75 Å². The fourth-order valence-corrected chi connectivity index (χ4v) is 0.818. The van der Waals surface area contributed by atoms with Crippen molar-refractivity contribution in [1.29, 1.82) is 0 Å². The van der Waals surface area contributed by atoms with E-state index < -0.39 is 0 Å². The standard InChI is InChI=1S/C9H10O2/c1-10-7-8-3-5-9(11-2)6-4-8/h1,3-6H,7H2,2H3. The minimum Gasteiger partial charge on any atom is -0.497 e. The zero-order valence-corrected chi connectivity index (χ0v) is 6.41. The van der Waals surface area contributed by atoms with E-state index in [2.05, 4.69) is 4.74 Å². The van der Waals surface area contributed by atoms with Gasteiger partial charge >= 0.3 is 0 Å². The van der Waals surface area contributed by atoms with Crippen LogP contribution in [0.5, 0.6) is 5.75 Å². The van der Waals surface area contributed by atoms with E-state index >= 15 is 0 Å². The van der Waals surface area contributed by atoms with E-state index in [1.165, 1.54) is 0 Å². The molecule has 2 nitrogen and oxygen atoms in total. The van der Waals surface area contributed by atoms with Crippen LogP contribution in [-0.4, -0.2) is 7.11 Å². The zero-order valence-electron chi connectivity index (χ0n) is 6.41. The summed E-state index contributed by atoms with van der Waals surface area (Å²) >= 11 is 0. The van der Waals surface area contributed by atoms with Gasteiger partial charge in [-0.2, -0.15) is 0 Å². The maximum atomic E-state index is 4.98. The molecule has 0 amide bonds. The second-order valence-corrected chi connectivity index (χ2v) is 2.16. The largest absolute Gasteiger partial charge is 0.497 e. The SMILES string of the molecule is [CH]OCc1ccc(OC)cc1. The minimum absolute atomic E-state index is 0.435. The lowest BCUT2D eigenvalue weighted by atomic mass is 10.2. The third-order valence-corrected chi connectivity index (χ3v) is 1.41. The number of ether oxygens (including phenoxy) is 2. The van der Waals surface area contributed by atoms with E-state index in [-0.39, 0.29) is 0 Å². The molecule has 0 saturated carbocycles. The van der Waals surface area contributed by atoms with Gasteiger partial charge in [0.2, 0.25) is 0 Å². The monoisotopic (exact) mass is 150 g/mol. The average Bonchev–Trinajstić information content (AvgIpc) is 2.07. The first-order valence-corrected chi connectivity index (χ1v) is 3.31. The van der Waals surface area contributed by atoms with E-state index in [0.29, 0.717) is 6.61 Å². The van der Waals surface area contributed by atoms with Crippen molar-refractivity contribution in [2.75, 3.05) is 7.11 Å². The molecular formula is C9H10O2. The molecule has 0 unspecified atom stereocenters. The van der Waals surface area contributed by atoms with Gasteiger partial charge in [0.1, 0.15) is 12.9 Å². The molecular weight excluding hydrogens is 140 g/mol. The van der Waals surface area contributed by atoms with Crippen molar-refractivity contribution in [2.24, 2.45) is 0 Å². The van der Waals surface area contributed by atoms with Crippen LogP contribution in [0, 0.1) is 7.11 Å². The minimum atomic E-state index is 0.435. The lowest BCUT2D eigenvalue weighted by Crippen LogP contribution is -1.86. The molecule has 0 saturated heterocycles. The highest BCUT2D eigenvalue weighted by molar-refractivity contribution is 5.26. The molecule has 1 rings (SSSR count). The molecule has 0 spiro atoms. The second kappa shape index (κ2) is 3.98. The molecule has 0 heterocycles. The number of methoxy groups -OCH3 is 1. The van der Waals surface area contributed by atoms with Crippen molar-refractivity contribution in [2.45, 2.75) is 6.61 Å². The number of hydrogen-bond donors (Lipinski definition) is 0. The quantitative estimate of drug-likeness (QED) is 0.655. The first-order chi connectivity index (χ1) is 5.36. The Balaban J connectivity index is 2.66. The Morgan fingerprint density at radius 3 is 2.36 bits per heavy atom. The Labute approximate surface area is 66.8 Å². The predicted octanol–water partition coefficient (Wildman–Crippen LogP) is 1.88. The Hall–Kier alpha value is -1.02. The summed E-state index contributed by atoms with van der Waals surface area (Å²) in [5.41, 5.74) is 1.04. The number of rotatable bonds is 3. The van der Waals surface area contributed by atoms with Crippen molar-refractivity contribution in [1.82, 2.24) is 0 Å². The van der Waals surface area contributed by atoms with Crippen LogP contribution in [0.1, 0.15) is 5.56 Å². The molecule has 0 aliphatic heterocycles. The van der Waals surface area contributed by atoms with Gasteiger partial charge in [-0.15, -0.1) is 0 Å². The molecule has 0 bridgehead atoms. The topological polar surface area (TPSA) is 18.5 Å². The van der Waals surface area contributed by atoms with Gasteiger partial charge in [0, 0.05) is 0 Å². The molecule has 58 valence electrons. The van der Waals surface area contributed by atoms with Crippen LogP contribution >= 0.6 is 0 Å². The summed E-state index contributed by atoms with van der Waals surface area (Å²) in [6.07, 6.45) is 0. The highest BCUT2D eigenvalue weighted by Gasteiger charge is 1.91. The van der Waals surface area contributed by atoms with Crippen LogP contribution in [0.15, 0.2) is 24.3 Å². The zero-order chi connectivity index (χ0) is 8.10. The van der Waals surface area contributed by atoms with Crippen LogP contribution in [-0.2, 0) is 11.3 Å². The summed E-state index contributed by atoms with van der Waals surface area (Å²) in [6, 6.07) is 7.56. The third-order valence-electron chi connectivity index (χ3n) is 1.41. The first-order valence-electron chi connectivity index (χ1n) is 3.31. The lowest BCUT2D eigenvalue weighted by Gasteiger charge is -2.00. The summed E-state index contributed by atoms with van der Waals surface area (Å²) in [6.45, 7) is 0.435. The Kier molecular flexibility index (Phi) is 2.93. The van der Waals surface area contributed by atoms with Gasteiger partial charge in [0.25, 0.3) is 0 Å². The van der Waals surface area contributed by atoms with Gasteiger partial charge in [-0.3, -0.25) is 0 Å². The summed E-state index contributed by atoms with van der Waals surface area (Å²) in [4.78, 5) is 0. The molecule has 0 atom stereocenters. The van der Waals surface area contributed by atoms with Crippen LogP contribution in [0.3, 0.4) is 0 Å². The third kappa shape index (κ3) is 2.24. The van der Waals surface area contributed by atoms with Gasteiger partial charge in [-0.05, 0) is 17.7 Å². The van der Waals surface area contributed by atoms with Crippen LogP contribution in [0.25, 0.3) is 0 Å². The molecule has 0 aromatic heterocycles. The van der Waals surface area contributed by atoms with E-state index in [1.54, 1.807) is 7.11 Å². The normalized spacial score (nSPS) is 9.64. The van der Waals surface area contributed by atoms with Crippen molar-refractivity contribution in [3.63, 3.8) is 0 Å². The smallest absolute Gasteiger partial charge is 0.118 e. The van der Waals surface area contributed by atoms with Crippen LogP contribution in [0.4, 0.5) is 0 Å².